The fraction of sp³-hybridized carbons (Fsp3) is 0.545. The molecule has 0 aromatic heterocycles. The number of allylic oxidation sites excluding steroid dienone is 1. The number of halogens is 1. The first-order valence-electron chi connectivity index (χ1n) is 15.2. The maximum Gasteiger partial charge on any atom is 0.264 e. The normalized spacial score (nSPS) is 33.3. The monoisotopic (exact) mass is 612 g/mol. The minimum Gasteiger partial charge on any atom is -0.490 e. The van der Waals surface area contributed by atoms with E-state index in [1.54, 1.807) is 20.1 Å². The number of carbonyl (C=O) groups is 1. The molecule has 0 radical (unpaired) electrons. The fourth-order valence-corrected chi connectivity index (χ4v) is 8.86. The molecule has 2 bridgehead atoms. The van der Waals surface area contributed by atoms with Crippen LogP contribution >= 0.6 is 11.6 Å². The summed E-state index contributed by atoms with van der Waals surface area (Å²) in [7, 11) is -2.13. The lowest BCUT2D eigenvalue weighted by Gasteiger charge is -2.46. The zero-order chi connectivity index (χ0) is 29.6. The van der Waals surface area contributed by atoms with Gasteiger partial charge in [0.2, 0.25) is 10.0 Å². The Morgan fingerprint density at radius 2 is 1.98 bits per heavy atom. The maximum absolute atomic E-state index is 13.4. The number of nitrogens with one attached hydrogen (secondary N) is 1. The summed E-state index contributed by atoms with van der Waals surface area (Å²) in [6.07, 6.45) is 10.0. The van der Waals surface area contributed by atoms with Gasteiger partial charge in [-0.2, -0.15) is 0 Å². The van der Waals surface area contributed by atoms with E-state index in [-0.39, 0.29) is 17.4 Å². The highest BCUT2D eigenvalue weighted by Gasteiger charge is 2.44. The molecule has 7 nitrogen and oxygen atoms in total. The molecule has 1 N–H and O–H groups in total. The van der Waals surface area contributed by atoms with Crippen LogP contribution in [0.5, 0.6) is 5.75 Å². The molecular formula is C33H41ClN2O5S. The van der Waals surface area contributed by atoms with Gasteiger partial charge in [-0.3, -0.25) is 4.79 Å². The van der Waals surface area contributed by atoms with Crippen molar-refractivity contribution in [3.8, 4) is 5.75 Å². The van der Waals surface area contributed by atoms with E-state index >= 15 is 0 Å². The number of benzene rings is 2. The van der Waals surface area contributed by atoms with Crippen molar-refractivity contribution in [1.82, 2.24) is 4.72 Å². The van der Waals surface area contributed by atoms with Crippen molar-refractivity contribution in [2.45, 2.75) is 69.1 Å². The molecule has 6 rings (SSSR count). The summed E-state index contributed by atoms with van der Waals surface area (Å²) >= 11 is 6.40. The van der Waals surface area contributed by atoms with Gasteiger partial charge in [0.15, 0.2) is 0 Å². The maximum atomic E-state index is 13.4. The van der Waals surface area contributed by atoms with Crippen LogP contribution in [0.15, 0.2) is 48.6 Å². The lowest BCUT2D eigenvalue weighted by molar-refractivity contribution is -0.0141. The van der Waals surface area contributed by atoms with E-state index < -0.39 is 21.2 Å². The van der Waals surface area contributed by atoms with Gasteiger partial charge in [0.25, 0.3) is 5.91 Å². The molecule has 2 aromatic rings. The number of amides is 1. The Bertz CT molecular complexity index is 1490. The van der Waals surface area contributed by atoms with Crippen LogP contribution in [0.3, 0.4) is 0 Å². The van der Waals surface area contributed by atoms with E-state index in [2.05, 4.69) is 21.8 Å². The molecule has 2 heterocycles. The van der Waals surface area contributed by atoms with Crippen molar-refractivity contribution >= 4 is 33.2 Å². The van der Waals surface area contributed by atoms with E-state index in [1.807, 2.05) is 37.3 Å². The Kier molecular flexibility index (Phi) is 8.09. The first-order valence-corrected chi connectivity index (χ1v) is 17.1. The van der Waals surface area contributed by atoms with Gasteiger partial charge >= 0.3 is 0 Å². The molecule has 1 amide bonds. The largest absolute Gasteiger partial charge is 0.490 e. The molecular weight excluding hydrogens is 572 g/mol. The van der Waals surface area contributed by atoms with Crippen LogP contribution < -0.4 is 14.4 Å². The Balaban J connectivity index is 1.43. The summed E-state index contributed by atoms with van der Waals surface area (Å²) in [5, 5.41) is -0.0247. The molecule has 0 unspecified atom stereocenters. The summed E-state index contributed by atoms with van der Waals surface area (Å²) in [5.41, 5.74) is 3.48. The van der Waals surface area contributed by atoms with Gasteiger partial charge in [0.1, 0.15) is 5.75 Å². The fourth-order valence-electron chi connectivity index (χ4n) is 7.44. The Labute approximate surface area is 254 Å². The molecule has 0 saturated heterocycles. The number of aryl methyl sites for hydroxylation is 1. The number of hydrogen-bond donors (Lipinski definition) is 1. The average molecular weight is 613 g/mol. The molecule has 9 heteroatoms. The van der Waals surface area contributed by atoms with E-state index in [0.717, 1.165) is 68.1 Å². The van der Waals surface area contributed by atoms with E-state index in [9.17, 15) is 13.2 Å². The standard InChI is InChI=1S/C33H41ClN2O5S/c1-21-6-4-8-30(40-3)27-12-9-25(27)18-36-19-33(15-5-7-23-16-26(34)11-13-28(23)33)20-41-31-14-10-24(17-29(31)36)32(37)35-42(38,39)22(21)2/h4,6,10-11,13-14,16-17,21-22,25,27,30H,5,7-9,12,15,18-20H2,1-3H3,(H,35,37)/b6-4+/t21-,22+,25-,27+,30-,33-/m0/s1. The predicted octanol–water partition coefficient (Wildman–Crippen LogP) is 5.90. The number of hydrogen-bond acceptors (Lipinski definition) is 6. The summed E-state index contributed by atoms with van der Waals surface area (Å²) < 4.78 is 41.3. The number of anilines is 1. The quantitative estimate of drug-likeness (QED) is 0.404. The molecule has 226 valence electrons. The molecule has 42 heavy (non-hydrogen) atoms. The molecule has 2 aliphatic carbocycles. The van der Waals surface area contributed by atoms with Gasteiger partial charge in [-0.15, -0.1) is 0 Å². The van der Waals surface area contributed by atoms with Gasteiger partial charge < -0.3 is 14.4 Å². The smallest absolute Gasteiger partial charge is 0.264 e. The van der Waals surface area contributed by atoms with Crippen LogP contribution in [0.2, 0.25) is 5.02 Å². The minimum atomic E-state index is -3.90. The van der Waals surface area contributed by atoms with Crippen molar-refractivity contribution in [2.24, 2.45) is 17.8 Å². The third-order valence-electron chi connectivity index (χ3n) is 10.3. The highest BCUT2D eigenvalue weighted by molar-refractivity contribution is 7.90. The van der Waals surface area contributed by atoms with Crippen molar-refractivity contribution in [1.29, 1.82) is 0 Å². The number of methoxy groups -OCH3 is 1. The number of rotatable bonds is 1. The Morgan fingerprint density at radius 3 is 2.74 bits per heavy atom. The van der Waals surface area contributed by atoms with Crippen LogP contribution in [0, 0.1) is 17.8 Å². The number of nitrogens with zero attached hydrogens (tertiary/aromatic N) is 1. The Morgan fingerprint density at radius 1 is 1.14 bits per heavy atom. The molecule has 1 saturated carbocycles. The van der Waals surface area contributed by atoms with Crippen LogP contribution in [0.25, 0.3) is 0 Å². The predicted molar refractivity (Wildman–Crippen MR) is 166 cm³/mol. The average Bonchev–Trinajstić information content (AvgIpc) is 3.10. The summed E-state index contributed by atoms with van der Waals surface area (Å²) in [5.74, 6) is 0.666. The summed E-state index contributed by atoms with van der Waals surface area (Å²) in [6, 6.07) is 11.5. The van der Waals surface area contributed by atoms with Gasteiger partial charge in [-0.1, -0.05) is 36.7 Å². The second kappa shape index (κ2) is 11.5. The molecule has 2 aromatic carbocycles. The molecule has 6 atom stereocenters. The first kappa shape index (κ1) is 29.5. The second-order valence-electron chi connectivity index (χ2n) is 12.8. The lowest BCUT2D eigenvalue weighted by Crippen LogP contribution is -2.49. The topological polar surface area (TPSA) is 84.9 Å². The summed E-state index contributed by atoms with van der Waals surface area (Å²) in [4.78, 5) is 15.7. The van der Waals surface area contributed by atoms with Gasteiger partial charge in [0, 0.05) is 36.2 Å². The van der Waals surface area contributed by atoms with Gasteiger partial charge in [-0.25, -0.2) is 13.1 Å². The number of ether oxygens (including phenoxy) is 2. The third-order valence-corrected chi connectivity index (χ3v) is 12.4. The van der Waals surface area contributed by atoms with Crippen LogP contribution in [-0.4, -0.2) is 52.5 Å². The molecule has 1 fully saturated rings. The van der Waals surface area contributed by atoms with Gasteiger partial charge in [-0.05, 0) is 105 Å². The first-order chi connectivity index (χ1) is 20.1. The second-order valence-corrected chi connectivity index (χ2v) is 15.2. The highest BCUT2D eigenvalue weighted by Crippen LogP contribution is 2.47. The number of sulfonamides is 1. The van der Waals surface area contributed by atoms with Crippen molar-refractivity contribution in [3.05, 3.63) is 70.3 Å². The minimum absolute atomic E-state index is 0.0623. The zero-order valence-electron chi connectivity index (χ0n) is 24.6. The van der Waals surface area contributed by atoms with Crippen molar-refractivity contribution in [3.63, 3.8) is 0 Å². The van der Waals surface area contributed by atoms with Crippen molar-refractivity contribution < 1.29 is 22.7 Å². The molecule has 1 spiro atoms. The van der Waals surface area contributed by atoms with E-state index in [0.29, 0.717) is 24.0 Å². The Hall–Kier alpha value is -2.55. The zero-order valence-corrected chi connectivity index (χ0v) is 26.2. The van der Waals surface area contributed by atoms with Gasteiger partial charge in [0.05, 0.1) is 23.6 Å². The number of fused-ring (bicyclic) bond motifs is 4. The van der Waals surface area contributed by atoms with Crippen LogP contribution in [0.1, 0.15) is 67.4 Å². The molecule has 4 aliphatic rings. The summed E-state index contributed by atoms with van der Waals surface area (Å²) in [6.45, 7) is 5.59. The van der Waals surface area contributed by atoms with Crippen LogP contribution in [0.4, 0.5) is 5.69 Å². The lowest BCUT2D eigenvalue weighted by atomic mass is 9.68. The molecule has 2 aliphatic heterocycles. The highest BCUT2D eigenvalue weighted by atomic mass is 35.5. The third kappa shape index (κ3) is 5.46. The SMILES string of the molecule is CO[C@H]1C/C=C/[C@H](C)[C@@H](C)S(=O)(=O)NC(=O)c2ccc3c(c2)N(C[C@@H]2CC[C@H]21)C[C@@]1(CCCc2cc(Cl)ccc21)CO3. The van der Waals surface area contributed by atoms with Crippen LogP contribution in [-0.2, 0) is 26.6 Å². The van der Waals surface area contributed by atoms with E-state index in [1.165, 1.54) is 11.1 Å². The van der Waals surface area contributed by atoms with E-state index in [4.69, 9.17) is 21.1 Å². The van der Waals surface area contributed by atoms with Crippen molar-refractivity contribution in [2.75, 3.05) is 31.7 Å². The number of carbonyl (C=O) groups excluding carboxylic acids is 1.